The number of nitrogens with two attached hydrogens (primary N) is 1. The number of carbonyl (C=O) groups is 1. The Labute approximate surface area is 92.1 Å². The van der Waals surface area contributed by atoms with Gasteiger partial charge in [0.05, 0.1) is 5.69 Å². The Balaban J connectivity index is 2.48. The molecule has 16 heavy (non-hydrogen) atoms. The van der Waals surface area contributed by atoms with Gasteiger partial charge in [-0.05, 0) is 18.2 Å². The molecule has 1 amide bonds. The van der Waals surface area contributed by atoms with Crippen molar-refractivity contribution in [3.8, 4) is 5.69 Å². The van der Waals surface area contributed by atoms with E-state index in [-0.39, 0.29) is 5.91 Å². The number of nitrogens with one attached hydrogen (secondary N) is 1. The summed E-state index contributed by atoms with van der Waals surface area (Å²) in [5.41, 5.74) is 7.42. The number of amides is 1. The molecule has 0 radical (unpaired) electrons. The average molecular weight is 217 g/mol. The van der Waals surface area contributed by atoms with E-state index in [0.717, 1.165) is 0 Å². The standard InChI is InChI=1S/C10H11N5O/c1-12-10(16)7-2-8(11)4-9(3-7)15-6-13-5-14-15/h2-6H,11H2,1H3,(H,12,16). The van der Waals surface area contributed by atoms with Gasteiger partial charge in [0.15, 0.2) is 0 Å². The monoisotopic (exact) mass is 217 g/mol. The second-order valence-electron chi connectivity index (χ2n) is 3.23. The maximum absolute atomic E-state index is 11.5. The van der Waals surface area contributed by atoms with Gasteiger partial charge in [0.2, 0.25) is 0 Å². The summed E-state index contributed by atoms with van der Waals surface area (Å²) < 4.78 is 1.54. The van der Waals surface area contributed by atoms with Gasteiger partial charge in [-0.3, -0.25) is 4.79 Å². The molecule has 3 N–H and O–H groups in total. The van der Waals surface area contributed by atoms with Crippen molar-refractivity contribution in [2.75, 3.05) is 12.8 Å². The highest BCUT2D eigenvalue weighted by molar-refractivity contribution is 5.95. The summed E-state index contributed by atoms with van der Waals surface area (Å²) in [7, 11) is 1.57. The molecule has 2 rings (SSSR count). The van der Waals surface area contributed by atoms with Crippen molar-refractivity contribution in [3.05, 3.63) is 36.4 Å². The molecule has 0 saturated heterocycles. The molecule has 1 aromatic heterocycles. The molecular weight excluding hydrogens is 206 g/mol. The van der Waals surface area contributed by atoms with E-state index in [1.165, 1.54) is 6.33 Å². The van der Waals surface area contributed by atoms with Gasteiger partial charge < -0.3 is 11.1 Å². The number of nitrogens with zero attached hydrogens (tertiary/aromatic N) is 3. The van der Waals surface area contributed by atoms with E-state index in [0.29, 0.717) is 16.9 Å². The molecule has 0 aliphatic rings. The first-order valence-electron chi connectivity index (χ1n) is 4.68. The number of anilines is 1. The Morgan fingerprint density at radius 2 is 2.25 bits per heavy atom. The summed E-state index contributed by atoms with van der Waals surface area (Å²) in [6, 6.07) is 5.03. The van der Waals surface area contributed by atoms with E-state index in [4.69, 9.17) is 5.73 Å². The van der Waals surface area contributed by atoms with Crippen LogP contribution in [0.25, 0.3) is 5.69 Å². The zero-order valence-corrected chi connectivity index (χ0v) is 8.71. The summed E-state index contributed by atoms with van der Waals surface area (Å²) in [4.78, 5) is 15.3. The van der Waals surface area contributed by atoms with E-state index in [1.54, 1.807) is 36.3 Å². The van der Waals surface area contributed by atoms with Crippen LogP contribution in [0.2, 0.25) is 0 Å². The second-order valence-corrected chi connectivity index (χ2v) is 3.23. The van der Waals surface area contributed by atoms with Crippen LogP contribution in [0.5, 0.6) is 0 Å². The van der Waals surface area contributed by atoms with E-state index in [9.17, 15) is 4.79 Å². The predicted molar refractivity (Wildman–Crippen MR) is 59.2 cm³/mol. The fraction of sp³-hybridized carbons (Fsp3) is 0.100. The van der Waals surface area contributed by atoms with Crippen molar-refractivity contribution in [3.63, 3.8) is 0 Å². The van der Waals surface area contributed by atoms with Crippen LogP contribution >= 0.6 is 0 Å². The molecule has 0 unspecified atom stereocenters. The molecule has 0 saturated carbocycles. The minimum absolute atomic E-state index is 0.186. The van der Waals surface area contributed by atoms with E-state index < -0.39 is 0 Å². The van der Waals surface area contributed by atoms with Crippen LogP contribution in [0.3, 0.4) is 0 Å². The van der Waals surface area contributed by atoms with Crippen molar-refractivity contribution in [2.45, 2.75) is 0 Å². The average Bonchev–Trinajstić information content (AvgIpc) is 2.80. The fourth-order valence-electron chi connectivity index (χ4n) is 1.38. The van der Waals surface area contributed by atoms with Crippen LogP contribution in [0.4, 0.5) is 5.69 Å². The molecule has 82 valence electrons. The van der Waals surface area contributed by atoms with Gasteiger partial charge in [0.25, 0.3) is 5.91 Å². The molecular formula is C10H11N5O. The highest BCUT2D eigenvalue weighted by atomic mass is 16.1. The number of nitrogen functional groups attached to an aromatic ring is 1. The molecule has 0 aliphatic heterocycles. The number of benzene rings is 1. The molecule has 6 heteroatoms. The molecule has 1 aromatic carbocycles. The minimum Gasteiger partial charge on any atom is -0.399 e. The Morgan fingerprint density at radius 3 is 2.88 bits per heavy atom. The van der Waals surface area contributed by atoms with Gasteiger partial charge in [-0.15, -0.1) is 0 Å². The Hall–Kier alpha value is -2.37. The van der Waals surface area contributed by atoms with Gasteiger partial charge in [0.1, 0.15) is 12.7 Å². The minimum atomic E-state index is -0.186. The number of aromatic nitrogens is 3. The Bertz CT molecular complexity index is 506. The fourth-order valence-corrected chi connectivity index (χ4v) is 1.38. The van der Waals surface area contributed by atoms with Crippen LogP contribution in [0.15, 0.2) is 30.9 Å². The number of carbonyl (C=O) groups excluding carboxylic acids is 1. The SMILES string of the molecule is CNC(=O)c1cc(N)cc(-n2cncn2)c1. The largest absolute Gasteiger partial charge is 0.399 e. The number of hydrogen-bond acceptors (Lipinski definition) is 4. The second kappa shape index (κ2) is 4.01. The van der Waals surface area contributed by atoms with Gasteiger partial charge >= 0.3 is 0 Å². The highest BCUT2D eigenvalue weighted by Gasteiger charge is 2.07. The summed E-state index contributed by atoms with van der Waals surface area (Å²) in [5.74, 6) is -0.186. The zero-order chi connectivity index (χ0) is 11.5. The van der Waals surface area contributed by atoms with E-state index >= 15 is 0 Å². The molecule has 1 heterocycles. The Morgan fingerprint density at radius 1 is 1.44 bits per heavy atom. The van der Waals surface area contributed by atoms with Crippen LogP contribution < -0.4 is 11.1 Å². The van der Waals surface area contributed by atoms with Gasteiger partial charge in [-0.1, -0.05) is 0 Å². The van der Waals surface area contributed by atoms with Gasteiger partial charge in [-0.2, -0.15) is 5.10 Å². The molecule has 0 bridgehead atoms. The lowest BCUT2D eigenvalue weighted by molar-refractivity contribution is 0.0963. The molecule has 0 fully saturated rings. The van der Waals surface area contributed by atoms with Crippen LogP contribution in [-0.4, -0.2) is 27.7 Å². The van der Waals surface area contributed by atoms with Gasteiger partial charge in [0, 0.05) is 18.3 Å². The number of rotatable bonds is 2. The maximum atomic E-state index is 11.5. The lowest BCUT2D eigenvalue weighted by atomic mass is 10.1. The first-order valence-corrected chi connectivity index (χ1v) is 4.68. The normalized spacial score (nSPS) is 10.1. The highest BCUT2D eigenvalue weighted by Crippen LogP contribution is 2.14. The van der Waals surface area contributed by atoms with Crippen molar-refractivity contribution in [1.29, 1.82) is 0 Å². The smallest absolute Gasteiger partial charge is 0.251 e. The lowest BCUT2D eigenvalue weighted by Gasteiger charge is -2.06. The Kier molecular flexibility index (Phi) is 2.55. The molecule has 6 nitrogen and oxygen atoms in total. The topological polar surface area (TPSA) is 85.8 Å². The summed E-state index contributed by atoms with van der Waals surface area (Å²) in [5, 5.41) is 6.51. The first-order chi connectivity index (χ1) is 7.70. The van der Waals surface area contributed by atoms with Crippen LogP contribution in [0, 0.1) is 0 Å². The van der Waals surface area contributed by atoms with Crippen LogP contribution in [-0.2, 0) is 0 Å². The van der Waals surface area contributed by atoms with Crippen molar-refractivity contribution >= 4 is 11.6 Å². The third kappa shape index (κ3) is 1.85. The van der Waals surface area contributed by atoms with Crippen molar-refractivity contribution in [2.24, 2.45) is 0 Å². The summed E-state index contributed by atoms with van der Waals surface area (Å²) >= 11 is 0. The molecule has 0 aliphatic carbocycles. The van der Waals surface area contributed by atoms with E-state index in [2.05, 4.69) is 15.4 Å². The van der Waals surface area contributed by atoms with E-state index in [1.807, 2.05) is 0 Å². The maximum Gasteiger partial charge on any atom is 0.251 e. The zero-order valence-electron chi connectivity index (χ0n) is 8.71. The van der Waals surface area contributed by atoms with Gasteiger partial charge in [-0.25, -0.2) is 9.67 Å². The van der Waals surface area contributed by atoms with Crippen molar-refractivity contribution < 1.29 is 4.79 Å². The summed E-state index contributed by atoms with van der Waals surface area (Å²) in [6.07, 6.45) is 2.96. The summed E-state index contributed by atoms with van der Waals surface area (Å²) in [6.45, 7) is 0. The lowest BCUT2D eigenvalue weighted by Crippen LogP contribution is -2.18. The molecule has 0 atom stereocenters. The van der Waals surface area contributed by atoms with Crippen molar-refractivity contribution in [1.82, 2.24) is 20.1 Å². The van der Waals surface area contributed by atoms with Crippen LogP contribution in [0.1, 0.15) is 10.4 Å². The molecule has 0 spiro atoms. The predicted octanol–water partition coefficient (Wildman–Crippen LogP) is 0.209. The quantitative estimate of drug-likeness (QED) is 0.704. The molecule has 2 aromatic rings. The third-order valence-corrected chi connectivity index (χ3v) is 2.11. The number of hydrogen-bond donors (Lipinski definition) is 2. The first kappa shape index (κ1) is 10.2. The third-order valence-electron chi connectivity index (χ3n) is 2.11.